The molecule has 0 aliphatic heterocycles. The molecule has 0 unspecified atom stereocenters. The van der Waals surface area contributed by atoms with E-state index in [4.69, 9.17) is 0 Å². The highest BCUT2D eigenvalue weighted by molar-refractivity contribution is 5.79. The highest BCUT2D eigenvalue weighted by Crippen LogP contribution is 1.99. The molecule has 1 rings (SSSR count). The molecule has 0 saturated heterocycles. The maximum Gasteiger partial charge on any atom is 0.224 e. The van der Waals surface area contributed by atoms with E-state index in [2.05, 4.69) is 10.6 Å². The van der Waals surface area contributed by atoms with Crippen LogP contribution < -0.4 is 10.6 Å². The Bertz CT molecular complexity index is 376. The van der Waals surface area contributed by atoms with Gasteiger partial charge in [0.15, 0.2) is 0 Å². The Morgan fingerprint density at radius 2 is 1.82 bits per heavy atom. The van der Waals surface area contributed by atoms with E-state index >= 15 is 0 Å². The van der Waals surface area contributed by atoms with Crippen molar-refractivity contribution in [3.63, 3.8) is 0 Å². The van der Waals surface area contributed by atoms with Crippen LogP contribution in [0.25, 0.3) is 0 Å². The van der Waals surface area contributed by atoms with E-state index in [-0.39, 0.29) is 17.7 Å². The van der Waals surface area contributed by atoms with Gasteiger partial charge in [0.2, 0.25) is 11.8 Å². The van der Waals surface area contributed by atoms with Gasteiger partial charge in [-0.2, -0.15) is 0 Å². The number of benzene rings is 1. The van der Waals surface area contributed by atoms with Gasteiger partial charge >= 0.3 is 0 Å². The molecule has 92 valence electrons. The van der Waals surface area contributed by atoms with E-state index in [0.29, 0.717) is 13.1 Å². The molecule has 0 aliphatic carbocycles. The molecule has 0 spiro atoms. The number of amides is 2. The Hall–Kier alpha value is -1.84. The van der Waals surface area contributed by atoms with Gasteiger partial charge in [0.1, 0.15) is 0 Å². The molecule has 2 amide bonds. The van der Waals surface area contributed by atoms with Crippen LogP contribution in [-0.4, -0.2) is 18.4 Å². The molecule has 0 aromatic heterocycles. The topological polar surface area (TPSA) is 58.2 Å². The smallest absolute Gasteiger partial charge is 0.224 e. The fourth-order valence-corrected chi connectivity index (χ4v) is 1.35. The van der Waals surface area contributed by atoms with Crippen molar-refractivity contribution in [2.24, 2.45) is 5.92 Å². The summed E-state index contributed by atoms with van der Waals surface area (Å²) in [5.74, 6) is -0.391. The van der Waals surface area contributed by atoms with Crippen molar-refractivity contribution >= 4 is 11.8 Å². The second-order valence-electron chi connectivity index (χ2n) is 4.04. The van der Waals surface area contributed by atoms with Crippen LogP contribution in [0.3, 0.4) is 0 Å². The van der Waals surface area contributed by atoms with Crippen molar-refractivity contribution in [2.75, 3.05) is 6.54 Å². The molecule has 1 aromatic carbocycles. The highest BCUT2D eigenvalue weighted by Gasteiger charge is 2.12. The molecule has 0 fully saturated rings. The van der Waals surface area contributed by atoms with Gasteiger partial charge in [-0.3, -0.25) is 9.59 Å². The lowest BCUT2D eigenvalue weighted by Gasteiger charge is -2.12. The number of rotatable bonds is 5. The van der Waals surface area contributed by atoms with E-state index in [1.54, 1.807) is 6.92 Å². The standard InChI is InChI=1S/C13H18N2O2/c1-10(8-14-11(2)16)13(17)15-9-12-6-4-3-5-7-12/h3-7,10H,8-9H2,1-2H3,(H,14,16)(H,15,17)/t10-/m0/s1. The molecule has 2 N–H and O–H groups in total. The maximum atomic E-state index is 11.7. The second-order valence-corrected chi connectivity index (χ2v) is 4.04. The molecular formula is C13H18N2O2. The van der Waals surface area contributed by atoms with Crippen LogP contribution in [0, 0.1) is 5.92 Å². The van der Waals surface area contributed by atoms with E-state index in [1.807, 2.05) is 30.3 Å². The van der Waals surface area contributed by atoms with Crippen LogP contribution in [0.5, 0.6) is 0 Å². The minimum atomic E-state index is -0.220. The fourth-order valence-electron chi connectivity index (χ4n) is 1.35. The summed E-state index contributed by atoms with van der Waals surface area (Å²) in [7, 11) is 0. The molecule has 0 bridgehead atoms. The van der Waals surface area contributed by atoms with Gasteiger partial charge in [0, 0.05) is 20.0 Å². The van der Waals surface area contributed by atoms with E-state index in [1.165, 1.54) is 6.92 Å². The Kier molecular flexibility index (Phi) is 5.20. The summed E-state index contributed by atoms with van der Waals surface area (Å²) >= 11 is 0. The minimum absolute atomic E-state index is 0.0531. The Morgan fingerprint density at radius 3 is 2.41 bits per heavy atom. The number of hydrogen-bond donors (Lipinski definition) is 2. The third-order valence-corrected chi connectivity index (χ3v) is 2.41. The summed E-state index contributed by atoms with van der Waals surface area (Å²) < 4.78 is 0. The quantitative estimate of drug-likeness (QED) is 0.800. The van der Waals surface area contributed by atoms with Crippen LogP contribution in [0.1, 0.15) is 19.4 Å². The summed E-state index contributed by atoms with van der Waals surface area (Å²) in [6.45, 7) is 4.12. The molecule has 4 nitrogen and oxygen atoms in total. The normalized spacial score (nSPS) is 11.6. The molecule has 0 saturated carbocycles. The van der Waals surface area contributed by atoms with Crippen LogP contribution in [0.2, 0.25) is 0 Å². The monoisotopic (exact) mass is 234 g/mol. The number of carbonyl (C=O) groups is 2. The highest BCUT2D eigenvalue weighted by atomic mass is 16.2. The molecular weight excluding hydrogens is 216 g/mol. The van der Waals surface area contributed by atoms with Crippen LogP contribution in [0.15, 0.2) is 30.3 Å². The predicted molar refractivity (Wildman–Crippen MR) is 66.1 cm³/mol. The molecule has 1 aromatic rings. The third kappa shape index (κ3) is 5.15. The first-order valence-electron chi connectivity index (χ1n) is 5.65. The van der Waals surface area contributed by atoms with Crippen molar-refractivity contribution in [1.29, 1.82) is 0 Å². The van der Waals surface area contributed by atoms with Gasteiger partial charge in [-0.25, -0.2) is 0 Å². The van der Waals surface area contributed by atoms with Gasteiger partial charge in [-0.1, -0.05) is 37.3 Å². The number of carbonyl (C=O) groups excluding carboxylic acids is 2. The molecule has 17 heavy (non-hydrogen) atoms. The van der Waals surface area contributed by atoms with Crippen molar-refractivity contribution in [3.05, 3.63) is 35.9 Å². The largest absolute Gasteiger partial charge is 0.356 e. The van der Waals surface area contributed by atoms with Gasteiger partial charge in [0.25, 0.3) is 0 Å². The first-order chi connectivity index (χ1) is 8.09. The Labute approximate surface area is 101 Å². The van der Waals surface area contributed by atoms with Crippen LogP contribution in [-0.2, 0) is 16.1 Å². The van der Waals surface area contributed by atoms with Crippen molar-refractivity contribution in [2.45, 2.75) is 20.4 Å². The summed E-state index contributed by atoms with van der Waals surface area (Å²) in [6, 6.07) is 9.71. The van der Waals surface area contributed by atoms with Crippen LogP contribution in [0.4, 0.5) is 0 Å². The van der Waals surface area contributed by atoms with Crippen LogP contribution >= 0.6 is 0 Å². The SMILES string of the molecule is CC(=O)NC[C@H](C)C(=O)NCc1ccccc1. The van der Waals surface area contributed by atoms with E-state index in [0.717, 1.165) is 5.56 Å². The van der Waals surface area contributed by atoms with Crippen molar-refractivity contribution in [3.8, 4) is 0 Å². The zero-order valence-electron chi connectivity index (χ0n) is 10.2. The zero-order valence-corrected chi connectivity index (χ0v) is 10.2. The lowest BCUT2D eigenvalue weighted by atomic mass is 10.1. The van der Waals surface area contributed by atoms with E-state index < -0.39 is 0 Å². The predicted octanol–water partition coefficient (Wildman–Crippen LogP) is 1.07. The lowest BCUT2D eigenvalue weighted by molar-refractivity contribution is -0.125. The maximum absolute atomic E-state index is 11.7. The molecule has 0 aliphatic rings. The minimum Gasteiger partial charge on any atom is -0.356 e. The third-order valence-electron chi connectivity index (χ3n) is 2.41. The van der Waals surface area contributed by atoms with E-state index in [9.17, 15) is 9.59 Å². The van der Waals surface area contributed by atoms with Gasteiger partial charge in [-0.15, -0.1) is 0 Å². The van der Waals surface area contributed by atoms with Gasteiger partial charge < -0.3 is 10.6 Å². The van der Waals surface area contributed by atoms with Crippen molar-refractivity contribution in [1.82, 2.24) is 10.6 Å². The van der Waals surface area contributed by atoms with Gasteiger partial charge in [-0.05, 0) is 5.56 Å². The molecule has 0 radical (unpaired) electrons. The molecule has 1 atom stereocenters. The molecule has 0 heterocycles. The summed E-state index contributed by atoms with van der Waals surface area (Å²) in [6.07, 6.45) is 0. The first kappa shape index (κ1) is 13.2. The Morgan fingerprint density at radius 1 is 1.18 bits per heavy atom. The summed E-state index contributed by atoms with van der Waals surface area (Å²) in [4.78, 5) is 22.4. The molecule has 4 heteroatoms. The number of nitrogens with one attached hydrogen (secondary N) is 2. The average molecular weight is 234 g/mol. The summed E-state index contributed by atoms with van der Waals surface area (Å²) in [5, 5.41) is 5.46. The second kappa shape index (κ2) is 6.68. The Balaban J connectivity index is 2.32. The lowest BCUT2D eigenvalue weighted by Crippen LogP contribution is -2.36. The fraction of sp³-hybridized carbons (Fsp3) is 0.385. The van der Waals surface area contributed by atoms with Crippen molar-refractivity contribution < 1.29 is 9.59 Å². The first-order valence-corrected chi connectivity index (χ1v) is 5.65. The van der Waals surface area contributed by atoms with Gasteiger partial charge in [0.05, 0.1) is 5.92 Å². The number of hydrogen-bond acceptors (Lipinski definition) is 2. The zero-order chi connectivity index (χ0) is 12.7. The summed E-state index contributed by atoms with van der Waals surface area (Å²) in [5.41, 5.74) is 1.06. The average Bonchev–Trinajstić information content (AvgIpc) is 2.34.